The van der Waals surface area contributed by atoms with Crippen LogP contribution in [-0.2, 0) is 13.0 Å². The largest absolute Gasteiger partial charge is 0.347 e. The fourth-order valence-electron chi connectivity index (χ4n) is 3.01. The zero-order chi connectivity index (χ0) is 13.9. The number of imidazole rings is 1. The maximum atomic E-state index is 12.3. The summed E-state index contributed by atoms with van der Waals surface area (Å²) in [6.07, 6.45) is 9.62. The van der Waals surface area contributed by atoms with E-state index in [2.05, 4.69) is 28.3 Å². The summed E-state index contributed by atoms with van der Waals surface area (Å²) in [7, 11) is 0. The Hall–Kier alpha value is -1.78. The third kappa shape index (κ3) is 2.71. The fraction of sp³-hybridized carbons (Fsp3) is 0.600. The molecule has 2 aliphatic rings. The van der Waals surface area contributed by atoms with Gasteiger partial charge in [0.25, 0.3) is 0 Å². The molecule has 0 unspecified atom stereocenters. The van der Waals surface area contributed by atoms with Gasteiger partial charge in [-0.1, -0.05) is 11.6 Å². The first-order chi connectivity index (χ1) is 9.74. The van der Waals surface area contributed by atoms with Crippen molar-refractivity contribution in [2.75, 3.05) is 6.54 Å². The summed E-state index contributed by atoms with van der Waals surface area (Å²) in [5, 5.41) is 3.13. The third-order valence-corrected chi connectivity index (χ3v) is 4.28. The number of urea groups is 1. The standard InChI is InChI=1S/C15H22N4O/c1-11(12-5-3-2-4-6-12)18-15(20)19-8-7-13-14(9-19)17-10-16-13/h5,10-11H,2-4,6-9H2,1H3,(H,16,17)(H,18,20)/t11-/m0/s1. The molecule has 2 heterocycles. The highest BCUT2D eigenvalue weighted by molar-refractivity contribution is 5.75. The smallest absolute Gasteiger partial charge is 0.318 e. The molecule has 0 saturated heterocycles. The Balaban J connectivity index is 1.58. The molecule has 20 heavy (non-hydrogen) atoms. The Bertz CT molecular complexity index is 520. The van der Waals surface area contributed by atoms with E-state index in [9.17, 15) is 4.79 Å². The van der Waals surface area contributed by atoms with Gasteiger partial charge in [0, 0.05) is 19.0 Å². The van der Waals surface area contributed by atoms with Crippen LogP contribution in [0.5, 0.6) is 0 Å². The normalized spacial score (nSPS) is 20.1. The molecule has 3 rings (SSSR count). The van der Waals surface area contributed by atoms with Gasteiger partial charge in [-0.05, 0) is 32.6 Å². The van der Waals surface area contributed by atoms with Crippen molar-refractivity contribution in [3.63, 3.8) is 0 Å². The molecule has 5 heteroatoms. The summed E-state index contributed by atoms with van der Waals surface area (Å²) in [6, 6.07) is 0.176. The highest BCUT2D eigenvalue weighted by Crippen LogP contribution is 2.21. The summed E-state index contributed by atoms with van der Waals surface area (Å²) < 4.78 is 0. The molecular formula is C15H22N4O. The molecule has 1 aliphatic heterocycles. The van der Waals surface area contributed by atoms with Crippen molar-refractivity contribution in [3.8, 4) is 0 Å². The lowest BCUT2D eigenvalue weighted by molar-refractivity contribution is 0.189. The Morgan fingerprint density at radius 2 is 2.35 bits per heavy atom. The van der Waals surface area contributed by atoms with Crippen LogP contribution in [0.3, 0.4) is 0 Å². The van der Waals surface area contributed by atoms with Gasteiger partial charge in [0.2, 0.25) is 0 Å². The van der Waals surface area contributed by atoms with E-state index in [0.29, 0.717) is 6.54 Å². The van der Waals surface area contributed by atoms with Crippen LogP contribution in [0.4, 0.5) is 4.79 Å². The first-order valence-corrected chi connectivity index (χ1v) is 7.49. The van der Waals surface area contributed by atoms with Crippen LogP contribution in [0.15, 0.2) is 18.0 Å². The lowest BCUT2D eigenvalue weighted by atomic mass is 9.95. The van der Waals surface area contributed by atoms with E-state index in [0.717, 1.165) is 37.2 Å². The van der Waals surface area contributed by atoms with Gasteiger partial charge in [-0.15, -0.1) is 0 Å². The number of hydrogen-bond donors (Lipinski definition) is 2. The highest BCUT2D eigenvalue weighted by atomic mass is 16.2. The Morgan fingerprint density at radius 1 is 1.45 bits per heavy atom. The van der Waals surface area contributed by atoms with Gasteiger partial charge < -0.3 is 15.2 Å². The van der Waals surface area contributed by atoms with Crippen molar-refractivity contribution < 1.29 is 4.79 Å². The molecule has 1 atom stereocenters. The zero-order valence-corrected chi connectivity index (χ0v) is 12.0. The van der Waals surface area contributed by atoms with Crippen LogP contribution in [0.1, 0.15) is 44.0 Å². The number of aromatic amines is 1. The van der Waals surface area contributed by atoms with E-state index in [4.69, 9.17) is 0 Å². The molecule has 0 fully saturated rings. The molecule has 0 saturated carbocycles. The number of carbonyl (C=O) groups excluding carboxylic acids is 1. The molecule has 0 bridgehead atoms. The molecule has 108 valence electrons. The molecule has 2 N–H and O–H groups in total. The topological polar surface area (TPSA) is 61.0 Å². The van der Waals surface area contributed by atoms with E-state index >= 15 is 0 Å². The van der Waals surface area contributed by atoms with Crippen molar-refractivity contribution in [3.05, 3.63) is 29.4 Å². The summed E-state index contributed by atoms with van der Waals surface area (Å²) >= 11 is 0. The number of aromatic nitrogens is 2. The van der Waals surface area contributed by atoms with Crippen LogP contribution >= 0.6 is 0 Å². The maximum absolute atomic E-state index is 12.3. The van der Waals surface area contributed by atoms with E-state index in [-0.39, 0.29) is 12.1 Å². The number of allylic oxidation sites excluding steroid dienone is 1. The first kappa shape index (κ1) is 13.2. The number of amides is 2. The summed E-state index contributed by atoms with van der Waals surface area (Å²) in [5.74, 6) is 0. The van der Waals surface area contributed by atoms with Gasteiger partial charge in [0.1, 0.15) is 0 Å². The summed E-state index contributed by atoms with van der Waals surface area (Å²) in [5.41, 5.74) is 3.54. The van der Waals surface area contributed by atoms with Crippen LogP contribution in [0.25, 0.3) is 0 Å². The van der Waals surface area contributed by atoms with Gasteiger partial charge in [-0.3, -0.25) is 0 Å². The lowest BCUT2D eigenvalue weighted by Gasteiger charge is -2.29. The van der Waals surface area contributed by atoms with Crippen molar-refractivity contribution in [1.29, 1.82) is 0 Å². The maximum Gasteiger partial charge on any atom is 0.318 e. The molecule has 2 amide bonds. The van der Waals surface area contributed by atoms with Crippen molar-refractivity contribution in [2.45, 2.75) is 51.6 Å². The highest BCUT2D eigenvalue weighted by Gasteiger charge is 2.24. The van der Waals surface area contributed by atoms with Crippen LogP contribution in [0.2, 0.25) is 0 Å². The number of hydrogen-bond acceptors (Lipinski definition) is 2. The molecule has 0 spiro atoms. The molecule has 0 aromatic carbocycles. The number of rotatable bonds is 2. The Labute approximate surface area is 119 Å². The molecule has 1 aromatic heterocycles. The van der Waals surface area contributed by atoms with Crippen molar-refractivity contribution >= 4 is 6.03 Å². The summed E-state index contributed by atoms with van der Waals surface area (Å²) in [4.78, 5) is 21.6. The predicted octanol–water partition coefficient (Wildman–Crippen LogP) is 2.37. The fourth-order valence-corrected chi connectivity index (χ4v) is 3.01. The van der Waals surface area contributed by atoms with E-state index in [1.54, 1.807) is 6.33 Å². The minimum Gasteiger partial charge on any atom is -0.347 e. The summed E-state index contributed by atoms with van der Waals surface area (Å²) in [6.45, 7) is 3.46. The second-order valence-corrected chi connectivity index (χ2v) is 5.70. The van der Waals surface area contributed by atoms with Crippen LogP contribution < -0.4 is 5.32 Å². The first-order valence-electron chi connectivity index (χ1n) is 7.49. The Kier molecular flexibility index (Phi) is 3.76. The van der Waals surface area contributed by atoms with E-state index in [1.807, 2.05) is 4.90 Å². The molecule has 0 radical (unpaired) electrons. The number of nitrogens with zero attached hydrogens (tertiary/aromatic N) is 2. The van der Waals surface area contributed by atoms with Gasteiger partial charge in [0.05, 0.1) is 24.3 Å². The second kappa shape index (κ2) is 5.69. The molecule has 5 nitrogen and oxygen atoms in total. The number of carbonyl (C=O) groups is 1. The number of H-pyrrole nitrogens is 1. The monoisotopic (exact) mass is 274 g/mol. The van der Waals surface area contributed by atoms with Crippen LogP contribution in [0, 0.1) is 0 Å². The van der Waals surface area contributed by atoms with E-state index in [1.165, 1.54) is 18.4 Å². The quantitative estimate of drug-likeness (QED) is 0.813. The molecule has 1 aliphatic carbocycles. The van der Waals surface area contributed by atoms with Crippen molar-refractivity contribution in [1.82, 2.24) is 20.2 Å². The molecule has 1 aromatic rings. The minimum absolute atomic E-state index is 0.0317. The lowest BCUT2D eigenvalue weighted by Crippen LogP contribution is -2.46. The number of fused-ring (bicyclic) bond motifs is 1. The predicted molar refractivity (Wildman–Crippen MR) is 77.2 cm³/mol. The SMILES string of the molecule is C[C@H](NC(=O)N1CCc2nc[nH]c2C1)C1=CCCCC1. The third-order valence-electron chi connectivity index (χ3n) is 4.28. The zero-order valence-electron chi connectivity index (χ0n) is 12.0. The van der Waals surface area contributed by atoms with Gasteiger partial charge >= 0.3 is 6.03 Å². The van der Waals surface area contributed by atoms with Gasteiger partial charge in [-0.25, -0.2) is 9.78 Å². The van der Waals surface area contributed by atoms with Gasteiger partial charge in [0.15, 0.2) is 0 Å². The second-order valence-electron chi connectivity index (χ2n) is 5.70. The minimum atomic E-state index is 0.0317. The number of nitrogens with one attached hydrogen (secondary N) is 2. The van der Waals surface area contributed by atoms with Crippen molar-refractivity contribution in [2.24, 2.45) is 0 Å². The van der Waals surface area contributed by atoms with Gasteiger partial charge in [-0.2, -0.15) is 0 Å². The average Bonchev–Trinajstić information content (AvgIpc) is 2.95. The average molecular weight is 274 g/mol. The Morgan fingerprint density at radius 3 is 3.15 bits per heavy atom. The van der Waals surface area contributed by atoms with E-state index < -0.39 is 0 Å². The molecular weight excluding hydrogens is 252 g/mol. The van der Waals surface area contributed by atoms with Crippen LogP contribution in [-0.4, -0.2) is 33.5 Å².